The number of methoxy groups -OCH3 is 1. The van der Waals surface area contributed by atoms with Crippen molar-refractivity contribution in [1.29, 1.82) is 0 Å². The number of aromatic amines is 2. The first-order chi connectivity index (χ1) is 21.8. The van der Waals surface area contributed by atoms with Crippen molar-refractivity contribution in [1.82, 2.24) is 40.4 Å². The number of hydrogen-bond donors (Lipinski definition) is 4. The van der Waals surface area contributed by atoms with Crippen LogP contribution in [0.5, 0.6) is 0 Å². The van der Waals surface area contributed by atoms with E-state index in [0.29, 0.717) is 37.7 Å². The van der Waals surface area contributed by atoms with Gasteiger partial charge in [0.1, 0.15) is 23.9 Å². The lowest BCUT2D eigenvalue weighted by atomic mass is 10.0. The number of imidazole rings is 2. The standard InChI is InChI=1S/C33H40N8O4/c1-5-13-40(31(42)19-34-3)22-30-36-18-28(39-30)26-11-10-24-15-23(7-9-25(24)16-26)8-12-27-17-35-29(38-27)21-41(14-6-2)32(43)20-37-33(44)45-4/h7,9-11,15-18,34H,5-6,13-14,19-22H2,1-4H3,(H,35,38)(H,36,39)(H,37,44). The zero-order valence-electron chi connectivity index (χ0n) is 26.2. The molecule has 0 spiro atoms. The van der Waals surface area contributed by atoms with E-state index in [1.807, 2.05) is 36.1 Å². The van der Waals surface area contributed by atoms with Gasteiger partial charge in [-0.1, -0.05) is 38.0 Å². The summed E-state index contributed by atoms with van der Waals surface area (Å²) in [6.07, 6.45) is 4.44. The Morgan fingerprint density at radius 2 is 1.49 bits per heavy atom. The minimum atomic E-state index is -0.652. The van der Waals surface area contributed by atoms with Gasteiger partial charge in [0.15, 0.2) is 0 Å². The number of nitrogens with one attached hydrogen (secondary N) is 4. The first-order valence-electron chi connectivity index (χ1n) is 15.0. The van der Waals surface area contributed by atoms with Crippen molar-refractivity contribution in [3.05, 3.63) is 71.7 Å². The molecular weight excluding hydrogens is 572 g/mol. The van der Waals surface area contributed by atoms with E-state index in [4.69, 9.17) is 0 Å². The van der Waals surface area contributed by atoms with Crippen LogP contribution in [0.15, 0.2) is 48.8 Å². The number of hydrogen-bond acceptors (Lipinski definition) is 7. The first kappa shape index (κ1) is 32.8. The molecule has 12 nitrogen and oxygen atoms in total. The second-order valence-corrected chi connectivity index (χ2v) is 10.5. The molecule has 0 bridgehead atoms. The fourth-order valence-electron chi connectivity index (χ4n) is 4.81. The van der Waals surface area contributed by atoms with Gasteiger partial charge in [0, 0.05) is 24.2 Å². The van der Waals surface area contributed by atoms with Crippen LogP contribution >= 0.6 is 0 Å². The van der Waals surface area contributed by atoms with Crippen LogP contribution in [0.25, 0.3) is 22.0 Å². The Hall–Kier alpha value is -5.15. The van der Waals surface area contributed by atoms with Crippen LogP contribution < -0.4 is 10.6 Å². The average Bonchev–Trinajstić information content (AvgIpc) is 3.71. The highest BCUT2D eigenvalue weighted by Gasteiger charge is 2.16. The summed E-state index contributed by atoms with van der Waals surface area (Å²) < 4.78 is 4.53. The summed E-state index contributed by atoms with van der Waals surface area (Å²) >= 11 is 0. The van der Waals surface area contributed by atoms with Gasteiger partial charge in [-0.3, -0.25) is 9.59 Å². The fourth-order valence-corrected chi connectivity index (χ4v) is 4.81. The molecule has 0 aliphatic carbocycles. The van der Waals surface area contributed by atoms with E-state index in [2.05, 4.69) is 66.2 Å². The molecule has 0 unspecified atom stereocenters. The number of ether oxygens (including phenoxy) is 1. The predicted octanol–water partition coefficient (Wildman–Crippen LogP) is 3.41. The Kier molecular flexibility index (Phi) is 11.7. The van der Waals surface area contributed by atoms with Gasteiger partial charge in [0.25, 0.3) is 0 Å². The summed E-state index contributed by atoms with van der Waals surface area (Å²) in [6, 6.07) is 12.2. The molecule has 0 radical (unpaired) electrons. The second-order valence-electron chi connectivity index (χ2n) is 10.5. The van der Waals surface area contributed by atoms with Gasteiger partial charge < -0.3 is 35.1 Å². The number of alkyl carbamates (subject to hydrolysis) is 1. The molecule has 0 aliphatic heterocycles. The van der Waals surface area contributed by atoms with Crippen molar-refractivity contribution in [2.75, 3.05) is 40.3 Å². The van der Waals surface area contributed by atoms with Crippen molar-refractivity contribution < 1.29 is 19.1 Å². The molecule has 0 saturated heterocycles. The van der Waals surface area contributed by atoms with Crippen molar-refractivity contribution in [2.45, 2.75) is 39.8 Å². The molecule has 4 N–H and O–H groups in total. The molecule has 0 fully saturated rings. The number of likely N-dealkylation sites (N-methyl/N-ethyl adjacent to an activating group) is 1. The molecule has 0 atom stereocenters. The molecule has 2 aromatic carbocycles. The molecule has 2 aromatic heterocycles. The van der Waals surface area contributed by atoms with Crippen molar-refractivity contribution in [3.8, 4) is 23.1 Å². The largest absolute Gasteiger partial charge is 0.453 e. The Balaban J connectivity index is 1.41. The quantitative estimate of drug-likeness (QED) is 0.169. The van der Waals surface area contributed by atoms with E-state index in [0.717, 1.165) is 46.3 Å². The number of benzene rings is 2. The van der Waals surface area contributed by atoms with Gasteiger partial charge in [-0.25, -0.2) is 14.8 Å². The van der Waals surface area contributed by atoms with Gasteiger partial charge in [-0.15, -0.1) is 0 Å². The normalized spacial score (nSPS) is 10.7. The zero-order valence-corrected chi connectivity index (χ0v) is 26.2. The maximum absolute atomic E-state index is 12.6. The van der Waals surface area contributed by atoms with Crippen LogP contribution in [0.3, 0.4) is 0 Å². The summed E-state index contributed by atoms with van der Waals surface area (Å²) in [4.78, 5) is 55.2. The van der Waals surface area contributed by atoms with Crippen molar-refractivity contribution >= 4 is 28.7 Å². The molecule has 45 heavy (non-hydrogen) atoms. The maximum atomic E-state index is 12.6. The molecule has 4 rings (SSSR count). The molecule has 2 heterocycles. The van der Waals surface area contributed by atoms with Crippen LogP contribution in [0.1, 0.15) is 49.6 Å². The average molecular weight is 613 g/mol. The number of rotatable bonds is 13. The van der Waals surface area contributed by atoms with E-state index in [-0.39, 0.29) is 24.9 Å². The summed E-state index contributed by atoms with van der Waals surface area (Å²) in [5.74, 6) is 7.48. The Bertz CT molecular complexity index is 1680. The minimum absolute atomic E-state index is 0.0480. The molecule has 3 amide bonds. The van der Waals surface area contributed by atoms with Crippen LogP contribution in [-0.4, -0.2) is 88.0 Å². The lowest BCUT2D eigenvalue weighted by molar-refractivity contribution is -0.131. The number of H-pyrrole nitrogens is 2. The minimum Gasteiger partial charge on any atom is -0.453 e. The lowest BCUT2D eigenvalue weighted by Crippen LogP contribution is -2.40. The lowest BCUT2D eigenvalue weighted by Gasteiger charge is -2.21. The maximum Gasteiger partial charge on any atom is 0.407 e. The Morgan fingerprint density at radius 3 is 2.18 bits per heavy atom. The third kappa shape index (κ3) is 9.17. The van der Waals surface area contributed by atoms with Gasteiger partial charge in [0.05, 0.1) is 44.8 Å². The third-order valence-corrected chi connectivity index (χ3v) is 7.02. The van der Waals surface area contributed by atoms with Gasteiger partial charge in [-0.05, 0) is 54.8 Å². The highest BCUT2D eigenvalue weighted by atomic mass is 16.5. The summed E-state index contributed by atoms with van der Waals surface area (Å²) in [5.41, 5.74) is 3.39. The highest BCUT2D eigenvalue weighted by molar-refractivity contribution is 5.88. The molecule has 0 saturated carbocycles. The van der Waals surface area contributed by atoms with Gasteiger partial charge >= 0.3 is 6.09 Å². The summed E-state index contributed by atoms with van der Waals surface area (Å²) in [6.45, 7) is 6.09. The van der Waals surface area contributed by atoms with E-state index in [1.54, 1.807) is 24.3 Å². The molecule has 0 aliphatic rings. The number of aromatic nitrogens is 4. The van der Waals surface area contributed by atoms with E-state index < -0.39 is 6.09 Å². The van der Waals surface area contributed by atoms with Crippen LogP contribution in [0, 0.1) is 11.8 Å². The smallest absolute Gasteiger partial charge is 0.407 e. The third-order valence-electron chi connectivity index (χ3n) is 7.02. The molecule has 236 valence electrons. The van der Waals surface area contributed by atoms with Crippen molar-refractivity contribution in [3.63, 3.8) is 0 Å². The van der Waals surface area contributed by atoms with Gasteiger partial charge in [-0.2, -0.15) is 0 Å². The molecule has 4 aromatic rings. The van der Waals surface area contributed by atoms with E-state index in [9.17, 15) is 14.4 Å². The Labute approximate surface area is 263 Å². The van der Waals surface area contributed by atoms with Gasteiger partial charge in [0.2, 0.25) is 11.8 Å². The number of amides is 3. The summed E-state index contributed by atoms with van der Waals surface area (Å²) in [7, 11) is 3.02. The monoisotopic (exact) mass is 612 g/mol. The SMILES string of the molecule is CCCN(Cc1ncc(C#Cc2ccc3cc(-c4cnc(CN(CCC)C(=O)CNC)[nH]4)ccc3c2)[nH]1)C(=O)CNC(=O)OC. The van der Waals surface area contributed by atoms with Crippen LogP contribution in [-0.2, 0) is 27.4 Å². The van der Waals surface area contributed by atoms with Crippen LogP contribution in [0.2, 0.25) is 0 Å². The first-order valence-corrected chi connectivity index (χ1v) is 15.0. The number of nitrogens with zero attached hydrogens (tertiary/aromatic N) is 4. The topological polar surface area (TPSA) is 148 Å². The summed E-state index contributed by atoms with van der Waals surface area (Å²) in [5, 5.41) is 7.46. The number of carbonyl (C=O) groups excluding carboxylic acids is 3. The zero-order chi connectivity index (χ0) is 32.2. The van der Waals surface area contributed by atoms with Crippen molar-refractivity contribution in [2.24, 2.45) is 0 Å². The fraction of sp³-hybridized carbons (Fsp3) is 0.364. The van der Waals surface area contributed by atoms with Crippen LogP contribution in [0.4, 0.5) is 4.79 Å². The molecular formula is C33H40N8O4. The number of carbonyl (C=O) groups is 3. The van der Waals surface area contributed by atoms with E-state index in [1.165, 1.54) is 7.11 Å². The number of fused-ring (bicyclic) bond motifs is 1. The second kappa shape index (κ2) is 16.1. The molecule has 12 heteroatoms. The highest BCUT2D eigenvalue weighted by Crippen LogP contribution is 2.24. The van der Waals surface area contributed by atoms with E-state index >= 15 is 0 Å². The predicted molar refractivity (Wildman–Crippen MR) is 172 cm³/mol. The Morgan fingerprint density at radius 1 is 0.844 bits per heavy atom.